The fourth-order valence-electron chi connectivity index (χ4n) is 3.75. The van der Waals surface area contributed by atoms with Crippen molar-refractivity contribution in [1.82, 2.24) is 10.2 Å². The lowest BCUT2D eigenvalue weighted by Crippen LogP contribution is -2.47. The molecular weight excluding hydrogens is 369 g/mol. The lowest BCUT2D eigenvalue weighted by Gasteiger charge is -2.36. The Morgan fingerprint density at radius 2 is 1.79 bits per heavy atom. The summed E-state index contributed by atoms with van der Waals surface area (Å²) in [5, 5.41) is 3.00. The molecule has 2 aliphatic rings. The van der Waals surface area contributed by atoms with Gasteiger partial charge in [-0.25, -0.2) is 4.39 Å². The molecule has 0 saturated carbocycles. The standard InChI is InChI=1S/C23H26FN3O2/c24-20-6-8-21(9-7-20)27-14-12-26(13-15-27)11-3-10-25-23(28)19-16-18-4-1-2-5-22(18)29-17-19/h1-2,4-9,16H,3,10-15,17H2,(H,25,28). The minimum absolute atomic E-state index is 0.0550. The van der Waals surface area contributed by atoms with Gasteiger partial charge in [0.05, 0.1) is 5.57 Å². The Kier molecular flexibility index (Phi) is 6.10. The number of benzene rings is 2. The Hall–Kier alpha value is -2.86. The van der Waals surface area contributed by atoms with E-state index < -0.39 is 0 Å². The molecule has 1 N–H and O–H groups in total. The Morgan fingerprint density at radius 1 is 1.03 bits per heavy atom. The molecule has 29 heavy (non-hydrogen) atoms. The van der Waals surface area contributed by atoms with Gasteiger partial charge in [-0.1, -0.05) is 18.2 Å². The zero-order valence-corrected chi connectivity index (χ0v) is 16.4. The summed E-state index contributed by atoms with van der Waals surface area (Å²) >= 11 is 0. The second-order valence-electron chi connectivity index (χ2n) is 7.41. The van der Waals surface area contributed by atoms with Crippen molar-refractivity contribution < 1.29 is 13.9 Å². The molecule has 0 aliphatic carbocycles. The van der Waals surface area contributed by atoms with Crippen molar-refractivity contribution >= 4 is 17.7 Å². The molecule has 2 aromatic rings. The zero-order valence-electron chi connectivity index (χ0n) is 16.4. The summed E-state index contributed by atoms with van der Waals surface area (Å²) in [4.78, 5) is 17.1. The number of fused-ring (bicyclic) bond motifs is 1. The van der Waals surface area contributed by atoms with Crippen LogP contribution in [-0.4, -0.2) is 56.7 Å². The van der Waals surface area contributed by atoms with Crippen LogP contribution in [0.5, 0.6) is 5.75 Å². The van der Waals surface area contributed by atoms with Gasteiger partial charge in [0, 0.05) is 44.0 Å². The van der Waals surface area contributed by atoms with E-state index in [9.17, 15) is 9.18 Å². The fraction of sp³-hybridized carbons (Fsp3) is 0.348. The number of hydrogen-bond donors (Lipinski definition) is 1. The lowest BCUT2D eigenvalue weighted by molar-refractivity contribution is -0.117. The van der Waals surface area contributed by atoms with Crippen molar-refractivity contribution in [3.05, 3.63) is 65.5 Å². The number of para-hydroxylation sites is 1. The molecular formula is C23H26FN3O2. The number of carbonyl (C=O) groups is 1. The van der Waals surface area contributed by atoms with Crippen molar-refractivity contribution in [2.45, 2.75) is 6.42 Å². The molecule has 0 bridgehead atoms. The number of anilines is 1. The normalized spacial score (nSPS) is 16.6. The molecule has 0 spiro atoms. The number of nitrogens with zero attached hydrogens (tertiary/aromatic N) is 2. The second-order valence-corrected chi connectivity index (χ2v) is 7.41. The van der Waals surface area contributed by atoms with E-state index in [1.807, 2.05) is 42.5 Å². The summed E-state index contributed by atoms with van der Waals surface area (Å²) in [6.07, 6.45) is 2.82. The summed E-state index contributed by atoms with van der Waals surface area (Å²) in [5.41, 5.74) is 2.68. The van der Waals surface area contributed by atoms with Gasteiger partial charge in [-0.05, 0) is 49.4 Å². The highest BCUT2D eigenvalue weighted by Crippen LogP contribution is 2.25. The van der Waals surface area contributed by atoms with E-state index in [1.54, 1.807) is 0 Å². The Morgan fingerprint density at radius 3 is 2.59 bits per heavy atom. The molecule has 1 fully saturated rings. The van der Waals surface area contributed by atoms with Crippen LogP contribution in [0, 0.1) is 5.82 Å². The van der Waals surface area contributed by atoms with Crippen LogP contribution >= 0.6 is 0 Å². The maximum Gasteiger partial charge on any atom is 0.250 e. The molecule has 6 heteroatoms. The number of halogens is 1. The average molecular weight is 395 g/mol. The Labute approximate surface area is 170 Å². The first kappa shape index (κ1) is 19.5. The first-order chi connectivity index (χ1) is 14.2. The van der Waals surface area contributed by atoms with Crippen LogP contribution < -0.4 is 15.0 Å². The van der Waals surface area contributed by atoms with Crippen LogP contribution in [0.4, 0.5) is 10.1 Å². The molecule has 152 valence electrons. The molecule has 0 radical (unpaired) electrons. The molecule has 1 amide bonds. The van der Waals surface area contributed by atoms with E-state index in [-0.39, 0.29) is 11.7 Å². The average Bonchev–Trinajstić information content (AvgIpc) is 2.77. The minimum atomic E-state index is -0.200. The summed E-state index contributed by atoms with van der Waals surface area (Å²) in [6, 6.07) is 14.4. The predicted octanol–water partition coefficient (Wildman–Crippen LogP) is 2.93. The van der Waals surface area contributed by atoms with Gasteiger partial charge in [0.1, 0.15) is 18.2 Å². The van der Waals surface area contributed by atoms with Crippen LogP contribution in [-0.2, 0) is 4.79 Å². The van der Waals surface area contributed by atoms with Crippen molar-refractivity contribution in [3.8, 4) is 5.75 Å². The summed E-state index contributed by atoms with van der Waals surface area (Å²) in [6.45, 7) is 5.73. The van der Waals surface area contributed by atoms with E-state index in [0.717, 1.165) is 56.1 Å². The van der Waals surface area contributed by atoms with Crippen molar-refractivity contribution in [2.75, 3.05) is 50.8 Å². The topological polar surface area (TPSA) is 44.8 Å². The molecule has 2 aliphatic heterocycles. The van der Waals surface area contributed by atoms with Crippen LogP contribution in [0.3, 0.4) is 0 Å². The monoisotopic (exact) mass is 395 g/mol. The SMILES string of the molecule is O=C(NCCCN1CCN(c2ccc(F)cc2)CC1)C1=Cc2ccccc2OC1. The Bertz CT molecular complexity index is 874. The third-order valence-corrected chi connectivity index (χ3v) is 5.42. The molecule has 2 aromatic carbocycles. The van der Waals surface area contributed by atoms with Crippen LogP contribution in [0.15, 0.2) is 54.1 Å². The van der Waals surface area contributed by atoms with Gasteiger partial charge in [-0.3, -0.25) is 9.69 Å². The van der Waals surface area contributed by atoms with Gasteiger partial charge in [-0.2, -0.15) is 0 Å². The lowest BCUT2D eigenvalue weighted by atomic mass is 10.1. The van der Waals surface area contributed by atoms with Crippen LogP contribution in [0.1, 0.15) is 12.0 Å². The predicted molar refractivity (Wildman–Crippen MR) is 113 cm³/mol. The number of ether oxygens (including phenoxy) is 1. The van der Waals surface area contributed by atoms with E-state index in [0.29, 0.717) is 18.7 Å². The highest BCUT2D eigenvalue weighted by atomic mass is 19.1. The quantitative estimate of drug-likeness (QED) is 0.764. The van der Waals surface area contributed by atoms with Crippen molar-refractivity contribution in [3.63, 3.8) is 0 Å². The summed E-state index contributed by atoms with van der Waals surface area (Å²) in [5.74, 6) is 0.568. The van der Waals surface area contributed by atoms with Crippen molar-refractivity contribution in [1.29, 1.82) is 0 Å². The molecule has 2 heterocycles. The maximum atomic E-state index is 13.1. The highest BCUT2D eigenvalue weighted by Gasteiger charge is 2.18. The van der Waals surface area contributed by atoms with Gasteiger partial charge >= 0.3 is 0 Å². The number of nitrogens with one attached hydrogen (secondary N) is 1. The van der Waals surface area contributed by atoms with Crippen LogP contribution in [0.25, 0.3) is 6.08 Å². The fourth-order valence-corrected chi connectivity index (χ4v) is 3.75. The smallest absolute Gasteiger partial charge is 0.250 e. The number of rotatable bonds is 6. The Balaban J connectivity index is 1.17. The molecule has 1 saturated heterocycles. The molecule has 0 atom stereocenters. The number of piperazine rings is 1. The molecule has 0 unspecified atom stereocenters. The summed E-state index contributed by atoms with van der Waals surface area (Å²) < 4.78 is 18.7. The van der Waals surface area contributed by atoms with E-state index in [1.165, 1.54) is 12.1 Å². The number of carbonyl (C=O) groups excluding carboxylic acids is 1. The van der Waals surface area contributed by atoms with E-state index in [2.05, 4.69) is 15.1 Å². The summed E-state index contributed by atoms with van der Waals surface area (Å²) in [7, 11) is 0. The van der Waals surface area contributed by atoms with Gasteiger partial charge in [0.25, 0.3) is 5.91 Å². The van der Waals surface area contributed by atoms with E-state index >= 15 is 0 Å². The molecule has 0 aromatic heterocycles. The van der Waals surface area contributed by atoms with Crippen molar-refractivity contribution in [2.24, 2.45) is 0 Å². The van der Waals surface area contributed by atoms with E-state index in [4.69, 9.17) is 4.74 Å². The third kappa shape index (κ3) is 4.95. The number of hydrogen-bond acceptors (Lipinski definition) is 4. The van der Waals surface area contributed by atoms with Gasteiger partial charge in [0.15, 0.2) is 0 Å². The first-order valence-corrected chi connectivity index (χ1v) is 10.1. The molecule has 4 rings (SSSR count). The third-order valence-electron chi connectivity index (χ3n) is 5.42. The highest BCUT2D eigenvalue weighted by molar-refractivity contribution is 5.99. The minimum Gasteiger partial charge on any atom is -0.488 e. The zero-order chi connectivity index (χ0) is 20.1. The maximum absolute atomic E-state index is 13.1. The van der Waals surface area contributed by atoms with Crippen LogP contribution in [0.2, 0.25) is 0 Å². The van der Waals surface area contributed by atoms with Gasteiger partial charge in [0.2, 0.25) is 0 Å². The van der Waals surface area contributed by atoms with Gasteiger partial charge in [-0.15, -0.1) is 0 Å². The number of amides is 1. The second kappa shape index (κ2) is 9.09. The largest absolute Gasteiger partial charge is 0.488 e. The van der Waals surface area contributed by atoms with Gasteiger partial charge < -0.3 is 15.0 Å². The first-order valence-electron chi connectivity index (χ1n) is 10.1. The molecule has 5 nitrogen and oxygen atoms in total.